The van der Waals surface area contributed by atoms with E-state index in [9.17, 15) is 5.11 Å². The van der Waals surface area contributed by atoms with Gasteiger partial charge in [0.2, 0.25) is 0 Å². The summed E-state index contributed by atoms with van der Waals surface area (Å²) >= 11 is 11.4. The second kappa shape index (κ2) is 7.56. The summed E-state index contributed by atoms with van der Waals surface area (Å²) in [5.74, 6) is 0.512. The minimum absolute atomic E-state index is 0.298. The Morgan fingerprint density at radius 1 is 1.31 bits per heavy atom. The molecule has 2 aromatic heterocycles. The third-order valence-electron chi connectivity index (χ3n) is 4.07. The normalized spacial score (nSPS) is 18.0. The number of aromatic nitrogens is 2. The Morgan fingerprint density at radius 3 is 2.88 bits per heavy atom. The zero-order chi connectivity index (χ0) is 18.1. The van der Waals surface area contributed by atoms with Crippen LogP contribution in [0.2, 0.25) is 5.02 Å². The third kappa shape index (κ3) is 3.47. The number of alkyl halides is 1. The van der Waals surface area contributed by atoms with Gasteiger partial charge >= 0.3 is 0 Å². The molecule has 0 saturated heterocycles. The van der Waals surface area contributed by atoms with Gasteiger partial charge in [-0.2, -0.15) is 0 Å². The minimum Gasteiger partial charge on any atom is -0.383 e. The number of halogens is 2. The molecule has 0 fully saturated rings. The van der Waals surface area contributed by atoms with E-state index in [2.05, 4.69) is 32.1 Å². The lowest BCUT2D eigenvalue weighted by molar-refractivity contribution is 0.219. The van der Waals surface area contributed by atoms with E-state index >= 15 is 0 Å². The SMILES string of the molecule is OC(c1cccnc1)c1c(C2=CCC(Br)S2)noc1-c1cccc(Cl)c1. The quantitative estimate of drug-likeness (QED) is 0.520. The average Bonchev–Trinajstić information content (AvgIpc) is 3.28. The van der Waals surface area contributed by atoms with Crippen LogP contribution in [0, 0.1) is 0 Å². The zero-order valence-corrected chi connectivity index (χ0v) is 16.6. The van der Waals surface area contributed by atoms with E-state index in [-0.39, 0.29) is 0 Å². The van der Waals surface area contributed by atoms with E-state index in [4.69, 9.17) is 16.1 Å². The predicted molar refractivity (Wildman–Crippen MR) is 108 cm³/mol. The molecule has 3 aromatic rings. The number of pyridine rings is 1. The summed E-state index contributed by atoms with van der Waals surface area (Å²) in [6.07, 6.45) is 5.40. The van der Waals surface area contributed by atoms with E-state index < -0.39 is 6.10 Å². The van der Waals surface area contributed by atoms with Crippen LogP contribution >= 0.6 is 39.3 Å². The van der Waals surface area contributed by atoms with Crippen LogP contribution in [-0.4, -0.2) is 19.4 Å². The summed E-state index contributed by atoms with van der Waals surface area (Å²) in [6.45, 7) is 0. The van der Waals surface area contributed by atoms with Crippen molar-refractivity contribution in [3.63, 3.8) is 0 Å². The van der Waals surface area contributed by atoms with Gasteiger partial charge in [-0.25, -0.2) is 0 Å². The number of hydrogen-bond donors (Lipinski definition) is 1. The Kier molecular flexibility index (Phi) is 5.18. The number of rotatable bonds is 4. The first-order chi connectivity index (χ1) is 12.6. The largest absolute Gasteiger partial charge is 0.383 e. The van der Waals surface area contributed by atoms with Crippen molar-refractivity contribution in [2.75, 3.05) is 0 Å². The fraction of sp³-hybridized carbons (Fsp3) is 0.158. The highest BCUT2D eigenvalue weighted by atomic mass is 79.9. The summed E-state index contributed by atoms with van der Waals surface area (Å²) in [5.41, 5.74) is 2.73. The van der Waals surface area contributed by atoms with Crippen molar-refractivity contribution in [2.45, 2.75) is 16.7 Å². The lowest BCUT2D eigenvalue weighted by atomic mass is 9.97. The molecule has 26 heavy (non-hydrogen) atoms. The molecule has 0 saturated carbocycles. The molecule has 132 valence electrons. The monoisotopic (exact) mass is 448 g/mol. The van der Waals surface area contributed by atoms with Crippen molar-refractivity contribution in [1.82, 2.24) is 10.1 Å². The van der Waals surface area contributed by atoms with Gasteiger partial charge in [0.1, 0.15) is 11.8 Å². The summed E-state index contributed by atoms with van der Waals surface area (Å²) in [6, 6.07) is 11.0. The Balaban J connectivity index is 1.86. The van der Waals surface area contributed by atoms with Crippen molar-refractivity contribution < 1.29 is 9.63 Å². The van der Waals surface area contributed by atoms with E-state index in [1.54, 1.807) is 42.4 Å². The smallest absolute Gasteiger partial charge is 0.173 e. The van der Waals surface area contributed by atoms with Crippen molar-refractivity contribution in [1.29, 1.82) is 0 Å². The fourth-order valence-electron chi connectivity index (χ4n) is 2.86. The molecule has 1 aromatic carbocycles. The Morgan fingerprint density at radius 2 is 2.19 bits per heavy atom. The molecule has 0 bridgehead atoms. The molecule has 1 aliphatic heterocycles. The van der Waals surface area contributed by atoms with Gasteiger partial charge in [0.25, 0.3) is 0 Å². The molecular formula is C19H14BrClN2O2S. The van der Waals surface area contributed by atoms with Crippen molar-refractivity contribution in [3.8, 4) is 11.3 Å². The van der Waals surface area contributed by atoms with E-state index in [0.717, 1.165) is 16.9 Å². The molecule has 4 rings (SSSR count). The maximum atomic E-state index is 11.1. The molecule has 1 aliphatic rings. The molecule has 0 amide bonds. The van der Waals surface area contributed by atoms with Crippen molar-refractivity contribution >= 4 is 44.2 Å². The molecular weight excluding hydrogens is 436 g/mol. The second-order valence-corrected chi connectivity index (χ2v) is 9.20. The topological polar surface area (TPSA) is 59.2 Å². The maximum absolute atomic E-state index is 11.1. The third-order valence-corrected chi connectivity index (χ3v) is 6.30. The lowest BCUT2D eigenvalue weighted by Gasteiger charge is -2.13. The minimum atomic E-state index is -0.908. The van der Waals surface area contributed by atoms with Gasteiger partial charge in [-0.3, -0.25) is 4.98 Å². The van der Waals surface area contributed by atoms with Crippen molar-refractivity contribution in [2.24, 2.45) is 0 Å². The number of hydrogen-bond acceptors (Lipinski definition) is 5. The lowest BCUT2D eigenvalue weighted by Crippen LogP contribution is -2.03. The van der Waals surface area contributed by atoms with Gasteiger partial charge in [0.15, 0.2) is 5.76 Å². The first-order valence-corrected chi connectivity index (χ1v) is 10.2. The van der Waals surface area contributed by atoms with E-state index in [0.29, 0.717) is 31.8 Å². The number of thioether (sulfide) groups is 1. The molecule has 3 heterocycles. The van der Waals surface area contributed by atoms with Gasteiger partial charge in [0.05, 0.1) is 9.72 Å². The van der Waals surface area contributed by atoms with E-state index in [1.807, 2.05) is 18.2 Å². The van der Waals surface area contributed by atoms with Gasteiger partial charge in [-0.1, -0.05) is 57.0 Å². The molecule has 0 aliphatic carbocycles. The number of allylic oxidation sites excluding steroid dienone is 1. The predicted octanol–water partition coefficient (Wildman–Crippen LogP) is 5.67. The van der Waals surface area contributed by atoms with Crippen LogP contribution in [-0.2, 0) is 0 Å². The highest BCUT2D eigenvalue weighted by molar-refractivity contribution is 9.11. The van der Waals surface area contributed by atoms with E-state index in [1.165, 1.54) is 0 Å². The molecule has 2 unspecified atom stereocenters. The first kappa shape index (κ1) is 17.8. The fourth-order valence-corrected chi connectivity index (χ4v) is 4.76. The van der Waals surface area contributed by atoms with Crippen molar-refractivity contribution in [3.05, 3.63) is 76.7 Å². The molecule has 2 atom stereocenters. The molecule has 0 radical (unpaired) electrons. The summed E-state index contributed by atoms with van der Waals surface area (Å²) < 4.78 is 5.97. The molecule has 0 spiro atoms. The van der Waals surface area contributed by atoms with Crippen LogP contribution in [0.4, 0.5) is 0 Å². The number of aliphatic hydroxyl groups is 1. The van der Waals surface area contributed by atoms with Crippen LogP contribution in [0.15, 0.2) is 59.4 Å². The Labute approximate surface area is 168 Å². The van der Waals surface area contributed by atoms with Crippen LogP contribution in [0.1, 0.15) is 29.3 Å². The molecule has 1 N–H and O–H groups in total. The number of aliphatic hydroxyl groups excluding tert-OH is 1. The summed E-state index contributed by atoms with van der Waals surface area (Å²) in [5, 5.41) is 15.9. The van der Waals surface area contributed by atoms with Crippen LogP contribution < -0.4 is 0 Å². The second-order valence-electron chi connectivity index (χ2n) is 5.81. The maximum Gasteiger partial charge on any atom is 0.173 e. The average molecular weight is 450 g/mol. The highest BCUT2D eigenvalue weighted by Crippen LogP contribution is 2.46. The van der Waals surface area contributed by atoms with Gasteiger partial charge in [-0.15, -0.1) is 11.8 Å². The number of nitrogens with zero attached hydrogens (tertiary/aromatic N) is 2. The van der Waals surface area contributed by atoms with Gasteiger partial charge in [-0.05, 0) is 24.6 Å². The molecule has 7 heteroatoms. The standard InChI is InChI=1S/C19H14BrClN2O2S/c20-15-7-6-14(26-15)17-16(18(24)12-4-2-8-22-10-12)19(25-23-17)11-3-1-5-13(21)9-11/h1-6,8-10,15,18,24H,7H2. The summed E-state index contributed by atoms with van der Waals surface area (Å²) in [4.78, 5) is 5.10. The Hall–Kier alpha value is -1.60. The van der Waals surface area contributed by atoms with Gasteiger partial charge in [0, 0.05) is 33.4 Å². The first-order valence-electron chi connectivity index (χ1n) is 7.98. The van der Waals surface area contributed by atoms with Crippen LogP contribution in [0.25, 0.3) is 16.2 Å². The highest BCUT2D eigenvalue weighted by Gasteiger charge is 2.30. The van der Waals surface area contributed by atoms with Crippen LogP contribution in [0.5, 0.6) is 0 Å². The molecule has 4 nitrogen and oxygen atoms in total. The van der Waals surface area contributed by atoms with Crippen LogP contribution in [0.3, 0.4) is 0 Å². The zero-order valence-electron chi connectivity index (χ0n) is 13.5. The summed E-state index contributed by atoms with van der Waals surface area (Å²) in [7, 11) is 0. The number of benzene rings is 1. The Bertz CT molecular complexity index is 961. The van der Waals surface area contributed by atoms with Gasteiger partial charge < -0.3 is 9.63 Å².